The second kappa shape index (κ2) is 26.0. The summed E-state index contributed by atoms with van der Waals surface area (Å²) in [5.41, 5.74) is 0. The highest BCUT2D eigenvalue weighted by atomic mass is 79.9. The van der Waals surface area contributed by atoms with Crippen LogP contribution in [0, 0.1) is 0 Å². The Kier molecular flexibility index (Phi) is 26.9. The summed E-state index contributed by atoms with van der Waals surface area (Å²) in [6.45, 7) is 2.30. The fraction of sp³-hybridized carbons (Fsp3) is 1.00. The Morgan fingerprint density at radius 3 is 0.786 bits per heavy atom. The molecule has 0 fully saturated rings. The molecule has 0 spiro atoms. The second-order valence-corrected chi connectivity index (χ2v) is 12.4. The molecule has 2 heteroatoms. The lowest BCUT2D eigenvalue weighted by molar-refractivity contribution is 0.518. The first kappa shape index (κ1) is 29.0. The van der Waals surface area contributed by atoms with E-state index in [1.807, 2.05) is 0 Å². The van der Waals surface area contributed by atoms with E-state index >= 15 is 0 Å². The molecule has 170 valence electrons. The Hall–Kier alpha value is 0.960. The van der Waals surface area contributed by atoms with Gasteiger partial charge in [0.25, 0.3) is 0 Å². The Balaban J connectivity index is 2.98. The Labute approximate surface area is 196 Å². The summed E-state index contributed by atoms with van der Waals surface area (Å²) in [6, 6.07) is 0. The number of rotatable bonds is 24. The minimum atomic E-state index is 0.523. The van der Waals surface area contributed by atoms with Crippen LogP contribution < -0.4 is 0 Å². The minimum Gasteiger partial charge on any atom is -0.0765 e. The minimum absolute atomic E-state index is 0.523. The van der Waals surface area contributed by atoms with Crippen LogP contribution in [0.1, 0.15) is 161 Å². The van der Waals surface area contributed by atoms with Gasteiger partial charge in [0.15, 0.2) is 0 Å². The SMILES string of the molecule is CCCCCCCCCCCCCCCCCCCCCCCCCC(Br)Br. The largest absolute Gasteiger partial charge is 0.0765 e. The molecule has 0 saturated carbocycles. The van der Waals surface area contributed by atoms with Crippen LogP contribution in [0.25, 0.3) is 0 Å². The van der Waals surface area contributed by atoms with Crippen LogP contribution in [0.5, 0.6) is 0 Å². The summed E-state index contributed by atoms with van der Waals surface area (Å²) in [4.78, 5) is 0. The van der Waals surface area contributed by atoms with E-state index in [1.165, 1.54) is 154 Å². The van der Waals surface area contributed by atoms with Crippen molar-refractivity contribution in [2.24, 2.45) is 0 Å². The molecular formula is C26H52Br2. The Morgan fingerprint density at radius 1 is 0.357 bits per heavy atom. The average Bonchev–Trinajstić information content (AvgIpc) is 2.68. The predicted molar refractivity (Wildman–Crippen MR) is 138 cm³/mol. The molecule has 0 N–H and O–H groups in total. The van der Waals surface area contributed by atoms with Crippen molar-refractivity contribution in [2.75, 3.05) is 0 Å². The molecule has 0 aromatic heterocycles. The van der Waals surface area contributed by atoms with E-state index in [1.54, 1.807) is 0 Å². The highest BCUT2D eigenvalue weighted by molar-refractivity contribution is 9.24. The molecule has 0 bridgehead atoms. The highest BCUT2D eigenvalue weighted by Gasteiger charge is 1.98. The van der Waals surface area contributed by atoms with Crippen molar-refractivity contribution in [2.45, 2.75) is 165 Å². The third-order valence-corrected chi connectivity index (χ3v) is 6.94. The molecule has 0 nitrogen and oxygen atoms in total. The second-order valence-electron chi connectivity index (χ2n) is 8.96. The van der Waals surface area contributed by atoms with Gasteiger partial charge >= 0.3 is 0 Å². The van der Waals surface area contributed by atoms with Crippen LogP contribution in [-0.2, 0) is 0 Å². The van der Waals surface area contributed by atoms with Crippen molar-refractivity contribution in [1.82, 2.24) is 0 Å². The molecular weight excluding hydrogens is 472 g/mol. The zero-order chi connectivity index (χ0) is 20.5. The molecule has 0 heterocycles. The van der Waals surface area contributed by atoms with E-state index in [0.29, 0.717) is 3.74 Å². The maximum absolute atomic E-state index is 3.55. The first-order valence-corrected chi connectivity index (χ1v) is 14.9. The van der Waals surface area contributed by atoms with Gasteiger partial charge in [-0.2, -0.15) is 0 Å². The molecule has 0 rings (SSSR count). The summed E-state index contributed by atoms with van der Waals surface area (Å²) < 4.78 is 0.523. The molecule has 0 radical (unpaired) electrons. The molecule has 0 aliphatic carbocycles. The van der Waals surface area contributed by atoms with Gasteiger partial charge in [-0.1, -0.05) is 186 Å². The van der Waals surface area contributed by atoms with Gasteiger partial charge in [0.1, 0.15) is 0 Å². The third kappa shape index (κ3) is 27.0. The number of hydrogen-bond donors (Lipinski definition) is 0. The van der Waals surface area contributed by atoms with Gasteiger partial charge in [-0.3, -0.25) is 0 Å². The molecule has 0 aliphatic heterocycles. The van der Waals surface area contributed by atoms with Crippen LogP contribution in [-0.4, -0.2) is 3.74 Å². The van der Waals surface area contributed by atoms with E-state index in [2.05, 4.69) is 38.8 Å². The quantitative estimate of drug-likeness (QED) is 0.0870. The summed E-state index contributed by atoms with van der Waals surface area (Å²) >= 11 is 7.10. The number of halogens is 2. The molecule has 0 aromatic rings. The van der Waals surface area contributed by atoms with Crippen molar-refractivity contribution < 1.29 is 0 Å². The molecule has 0 atom stereocenters. The number of unbranched alkanes of at least 4 members (excludes halogenated alkanes) is 22. The normalized spacial score (nSPS) is 11.6. The lowest BCUT2D eigenvalue weighted by Crippen LogP contribution is -1.86. The first-order valence-electron chi connectivity index (χ1n) is 13.1. The van der Waals surface area contributed by atoms with Crippen molar-refractivity contribution in [3.05, 3.63) is 0 Å². The number of hydrogen-bond acceptors (Lipinski definition) is 0. The fourth-order valence-corrected chi connectivity index (χ4v) is 4.73. The zero-order valence-corrected chi connectivity index (χ0v) is 22.5. The molecule has 0 aromatic carbocycles. The van der Waals surface area contributed by atoms with Gasteiger partial charge in [0.2, 0.25) is 0 Å². The smallest absolute Gasteiger partial charge is 0.0697 e. The van der Waals surface area contributed by atoms with E-state index in [9.17, 15) is 0 Å². The van der Waals surface area contributed by atoms with Crippen LogP contribution in [0.4, 0.5) is 0 Å². The van der Waals surface area contributed by atoms with Crippen molar-refractivity contribution in [3.8, 4) is 0 Å². The van der Waals surface area contributed by atoms with Gasteiger partial charge in [-0.25, -0.2) is 0 Å². The van der Waals surface area contributed by atoms with Crippen LogP contribution in [0.15, 0.2) is 0 Å². The van der Waals surface area contributed by atoms with Crippen molar-refractivity contribution >= 4 is 31.9 Å². The van der Waals surface area contributed by atoms with E-state index in [0.717, 1.165) is 0 Å². The van der Waals surface area contributed by atoms with Crippen LogP contribution in [0.2, 0.25) is 0 Å². The highest BCUT2D eigenvalue weighted by Crippen LogP contribution is 2.18. The van der Waals surface area contributed by atoms with Crippen LogP contribution >= 0.6 is 31.9 Å². The topological polar surface area (TPSA) is 0 Å². The van der Waals surface area contributed by atoms with E-state index in [-0.39, 0.29) is 0 Å². The van der Waals surface area contributed by atoms with Crippen LogP contribution in [0.3, 0.4) is 0 Å². The van der Waals surface area contributed by atoms with Crippen molar-refractivity contribution in [3.63, 3.8) is 0 Å². The third-order valence-electron chi connectivity index (χ3n) is 6.03. The van der Waals surface area contributed by atoms with Gasteiger partial charge in [0.05, 0.1) is 3.74 Å². The van der Waals surface area contributed by atoms with Gasteiger partial charge < -0.3 is 0 Å². The molecule has 28 heavy (non-hydrogen) atoms. The number of alkyl halides is 2. The molecule has 0 aliphatic rings. The van der Waals surface area contributed by atoms with Gasteiger partial charge in [-0.15, -0.1) is 0 Å². The average molecular weight is 525 g/mol. The standard InChI is InChI=1S/C26H52Br2/c1-2-3-4-5-6-7-8-9-10-11-12-13-14-15-16-17-18-19-20-21-22-23-24-25-26(27)28/h26H,2-25H2,1H3. The van der Waals surface area contributed by atoms with E-state index in [4.69, 9.17) is 0 Å². The predicted octanol–water partition coefficient (Wildman–Crippen LogP) is 11.5. The molecule has 0 saturated heterocycles. The lowest BCUT2D eigenvalue weighted by atomic mass is 10.0. The Morgan fingerprint density at radius 2 is 0.571 bits per heavy atom. The Bertz CT molecular complexity index is 265. The molecule has 0 unspecified atom stereocenters. The van der Waals surface area contributed by atoms with Gasteiger partial charge in [-0.05, 0) is 6.42 Å². The summed E-state index contributed by atoms with van der Waals surface area (Å²) in [6.07, 6.45) is 34.9. The first-order chi connectivity index (χ1) is 13.8. The van der Waals surface area contributed by atoms with E-state index < -0.39 is 0 Å². The maximum Gasteiger partial charge on any atom is 0.0697 e. The lowest BCUT2D eigenvalue weighted by Gasteiger charge is -2.04. The van der Waals surface area contributed by atoms with Crippen molar-refractivity contribution in [1.29, 1.82) is 0 Å². The molecule has 0 amide bonds. The maximum atomic E-state index is 3.55. The monoisotopic (exact) mass is 522 g/mol. The summed E-state index contributed by atoms with van der Waals surface area (Å²) in [5, 5.41) is 0. The zero-order valence-electron chi connectivity index (χ0n) is 19.3. The summed E-state index contributed by atoms with van der Waals surface area (Å²) in [5.74, 6) is 0. The summed E-state index contributed by atoms with van der Waals surface area (Å²) in [7, 11) is 0. The van der Waals surface area contributed by atoms with Gasteiger partial charge in [0, 0.05) is 0 Å². The fourth-order valence-electron chi connectivity index (χ4n) is 4.08.